The Labute approximate surface area is 141 Å². The zero-order valence-corrected chi connectivity index (χ0v) is 14.2. The van der Waals surface area contributed by atoms with E-state index in [1.165, 1.54) is 12.1 Å². The van der Waals surface area contributed by atoms with E-state index >= 15 is 0 Å². The molecule has 0 aromatic heterocycles. The number of hydrogen-bond donors (Lipinski definition) is 2. The summed E-state index contributed by atoms with van der Waals surface area (Å²) in [6.45, 7) is 7.23. The zero-order chi connectivity index (χ0) is 17.7. The molecule has 0 spiro atoms. The Morgan fingerprint density at radius 3 is 2.42 bits per heavy atom. The van der Waals surface area contributed by atoms with Gasteiger partial charge in [0.25, 0.3) is 5.91 Å². The van der Waals surface area contributed by atoms with Gasteiger partial charge in [0.2, 0.25) is 5.91 Å². The number of benzene rings is 1. The molecule has 1 heterocycles. The molecule has 1 aliphatic rings. The molecule has 1 fully saturated rings. The predicted octanol–water partition coefficient (Wildman–Crippen LogP) is 0.437. The molecule has 24 heavy (non-hydrogen) atoms. The molecule has 0 bridgehead atoms. The number of carbonyl (C=O) groups excluding carboxylic acids is 2. The minimum atomic E-state index is -0.851. The molecule has 6 nitrogen and oxygen atoms in total. The summed E-state index contributed by atoms with van der Waals surface area (Å²) in [5.74, 6) is -0.978. The van der Waals surface area contributed by atoms with Crippen LogP contribution in [0.1, 0.15) is 24.2 Å². The Kier molecular flexibility index (Phi) is 5.90. The second kappa shape index (κ2) is 7.72. The summed E-state index contributed by atoms with van der Waals surface area (Å²) in [7, 11) is 0. The molecule has 1 aliphatic heterocycles. The van der Waals surface area contributed by atoms with E-state index in [9.17, 15) is 14.0 Å². The fraction of sp³-hybridized carbons (Fsp3) is 0.529. The van der Waals surface area contributed by atoms with Crippen molar-refractivity contribution in [2.75, 3.05) is 39.3 Å². The summed E-state index contributed by atoms with van der Waals surface area (Å²) >= 11 is 0. The Morgan fingerprint density at radius 1 is 1.21 bits per heavy atom. The van der Waals surface area contributed by atoms with Crippen LogP contribution in [0.4, 0.5) is 4.39 Å². The second-order valence-corrected chi connectivity index (χ2v) is 6.59. The fourth-order valence-electron chi connectivity index (χ4n) is 2.65. The van der Waals surface area contributed by atoms with Gasteiger partial charge >= 0.3 is 0 Å². The normalized spacial score (nSPS) is 16.1. The van der Waals surface area contributed by atoms with Gasteiger partial charge in [-0.05, 0) is 26.0 Å². The monoisotopic (exact) mass is 336 g/mol. The van der Waals surface area contributed by atoms with E-state index in [2.05, 4.69) is 10.2 Å². The molecule has 132 valence electrons. The van der Waals surface area contributed by atoms with Crippen molar-refractivity contribution in [2.45, 2.75) is 19.4 Å². The maximum Gasteiger partial charge on any atom is 0.254 e. The Hall–Kier alpha value is -1.99. The van der Waals surface area contributed by atoms with Crippen LogP contribution in [-0.4, -0.2) is 66.4 Å². The Bertz CT molecular complexity index is 592. The number of halogens is 1. The van der Waals surface area contributed by atoms with E-state index in [0.29, 0.717) is 26.2 Å². The number of nitrogens with zero attached hydrogens (tertiary/aromatic N) is 2. The van der Waals surface area contributed by atoms with Crippen LogP contribution in [0, 0.1) is 5.82 Å². The van der Waals surface area contributed by atoms with E-state index in [-0.39, 0.29) is 11.5 Å². The molecular weight excluding hydrogens is 311 g/mol. The first-order chi connectivity index (χ1) is 11.3. The number of carbonyl (C=O) groups is 2. The van der Waals surface area contributed by atoms with Crippen molar-refractivity contribution in [1.82, 2.24) is 15.1 Å². The van der Waals surface area contributed by atoms with Gasteiger partial charge in [-0.25, -0.2) is 4.39 Å². The van der Waals surface area contributed by atoms with E-state index in [4.69, 9.17) is 5.73 Å². The van der Waals surface area contributed by atoms with Crippen molar-refractivity contribution < 1.29 is 14.0 Å². The number of hydrogen-bond acceptors (Lipinski definition) is 4. The summed E-state index contributed by atoms with van der Waals surface area (Å²) in [4.78, 5) is 28.0. The lowest BCUT2D eigenvalue weighted by Crippen LogP contribution is -2.57. The molecule has 2 rings (SSSR count). The fourth-order valence-corrected chi connectivity index (χ4v) is 2.65. The molecule has 0 atom stereocenters. The number of amides is 2. The van der Waals surface area contributed by atoms with Gasteiger partial charge < -0.3 is 16.0 Å². The van der Waals surface area contributed by atoms with Gasteiger partial charge in [0.15, 0.2) is 0 Å². The van der Waals surface area contributed by atoms with Crippen molar-refractivity contribution in [1.29, 1.82) is 0 Å². The predicted molar refractivity (Wildman–Crippen MR) is 90.0 cm³/mol. The zero-order valence-electron chi connectivity index (χ0n) is 14.2. The first-order valence-corrected chi connectivity index (χ1v) is 8.12. The van der Waals surface area contributed by atoms with Gasteiger partial charge in [-0.1, -0.05) is 12.1 Å². The molecule has 1 saturated heterocycles. The standard InChI is InChI=1S/C17H25FN4O2/c1-17(2,19)16(24)22-11-9-21(10-12-22)8-7-20-15(23)13-5-3-4-6-14(13)18/h3-6H,7-12,19H2,1-2H3,(H,20,23). The topological polar surface area (TPSA) is 78.7 Å². The van der Waals surface area contributed by atoms with Crippen LogP contribution in [0.2, 0.25) is 0 Å². The van der Waals surface area contributed by atoms with Gasteiger partial charge in [-0.2, -0.15) is 0 Å². The highest BCUT2D eigenvalue weighted by Crippen LogP contribution is 2.09. The average Bonchev–Trinajstić information content (AvgIpc) is 2.54. The number of nitrogens with two attached hydrogens (primary N) is 1. The van der Waals surface area contributed by atoms with Crippen LogP contribution in [0.3, 0.4) is 0 Å². The third-order valence-electron chi connectivity index (χ3n) is 4.04. The lowest BCUT2D eigenvalue weighted by Gasteiger charge is -2.37. The molecule has 0 unspecified atom stereocenters. The molecule has 2 amide bonds. The van der Waals surface area contributed by atoms with E-state index in [1.807, 2.05) is 0 Å². The highest BCUT2D eigenvalue weighted by Gasteiger charge is 2.30. The summed E-state index contributed by atoms with van der Waals surface area (Å²) in [5.41, 5.74) is 5.05. The van der Waals surface area contributed by atoms with Crippen LogP contribution in [0.25, 0.3) is 0 Å². The van der Waals surface area contributed by atoms with Gasteiger partial charge in [-0.3, -0.25) is 14.5 Å². The first kappa shape index (κ1) is 18.4. The molecule has 1 aromatic rings. The smallest absolute Gasteiger partial charge is 0.254 e. The third-order valence-corrected chi connectivity index (χ3v) is 4.04. The molecule has 0 aliphatic carbocycles. The summed E-state index contributed by atoms with van der Waals surface area (Å²) in [6.07, 6.45) is 0. The van der Waals surface area contributed by atoms with Crippen molar-refractivity contribution in [3.63, 3.8) is 0 Å². The van der Waals surface area contributed by atoms with Gasteiger partial charge in [0.05, 0.1) is 11.1 Å². The maximum atomic E-state index is 13.5. The molecular formula is C17H25FN4O2. The summed E-state index contributed by atoms with van der Waals surface area (Å²) < 4.78 is 13.5. The quantitative estimate of drug-likeness (QED) is 0.818. The number of nitrogens with one attached hydrogen (secondary N) is 1. The summed E-state index contributed by atoms with van der Waals surface area (Å²) in [6, 6.07) is 5.91. The number of piperazine rings is 1. The van der Waals surface area contributed by atoms with Crippen molar-refractivity contribution in [3.8, 4) is 0 Å². The third kappa shape index (κ3) is 4.75. The second-order valence-electron chi connectivity index (χ2n) is 6.59. The lowest BCUT2D eigenvalue weighted by molar-refractivity contribution is -0.137. The molecule has 0 saturated carbocycles. The lowest BCUT2D eigenvalue weighted by atomic mass is 10.0. The Balaban J connectivity index is 1.73. The SMILES string of the molecule is CC(C)(N)C(=O)N1CCN(CCNC(=O)c2ccccc2F)CC1. The van der Waals surface area contributed by atoms with Crippen LogP contribution >= 0.6 is 0 Å². The first-order valence-electron chi connectivity index (χ1n) is 8.12. The molecule has 3 N–H and O–H groups in total. The highest BCUT2D eigenvalue weighted by molar-refractivity contribution is 5.94. The van der Waals surface area contributed by atoms with Crippen molar-refractivity contribution >= 4 is 11.8 Å². The molecule has 7 heteroatoms. The van der Waals surface area contributed by atoms with E-state index in [1.54, 1.807) is 30.9 Å². The van der Waals surface area contributed by atoms with Crippen LogP contribution in [0.5, 0.6) is 0 Å². The van der Waals surface area contributed by atoms with Gasteiger partial charge in [0.1, 0.15) is 5.82 Å². The molecule has 1 aromatic carbocycles. The largest absolute Gasteiger partial charge is 0.351 e. The summed E-state index contributed by atoms with van der Waals surface area (Å²) in [5, 5.41) is 2.72. The minimum absolute atomic E-state index is 0.0463. The van der Waals surface area contributed by atoms with Crippen molar-refractivity contribution in [2.24, 2.45) is 5.73 Å². The Morgan fingerprint density at radius 2 is 1.83 bits per heavy atom. The molecule has 0 radical (unpaired) electrons. The van der Waals surface area contributed by atoms with Crippen molar-refractivity contribution in [3.05, 3.63) is 35.6 Å². The van der Waals surface area contributed by atoms with Gasteiger partial charge in [0, 0.05) is 39.3 Å². The number of rotatable bonds is 5. The van der Waals surface area contributed by atoms with Crippen LogP contribution in [0.15, 0.2) is 24.3 Å². The minimum Gasteiger partial charge on any atom is -0.351 e. The van der Waals surface area contributed by atoms with Gasteiger partial charge in [-0.15, -0.1) is 0 Å². The maximum absolute atomic E-state index is 13.5. The van der Waals surface area contributed by atoms with E-state index in [0.717, 1.165) is 13.1 Å². The highest BCUT2D eigenvalue weighted by atomic mass is 19.1. The average molecular weight is 336 g/mol. The van der Waals surface area contributed by atoms with Crippen LogP contribution in [-0.2, 0) is 4.79 Å². The van der Waals surface area contributed by atoms with E-state index < -0.39 is 17.3 Å². The van der Waals surface area contributed by atoms with Crippen LogP contribution < -0.4 is 11.1 Å².